The highest BCUT2D eigenvalue weighted by molar-refractivity contribution is 7.19. The molecule has 9 heteroatoms. The van der Waals surface area contributed by atoms with Crippen LogP contribution in [0.3, 0.4) is 0 Å². The maximum atomic E-state index is 12.7. The zero-order valence-electron chi connectivity index (χ0n) is 21.1. The summed E-state index contributed by atoms with van der Waals surface area (Å²) in [6.07, 6.45) is 5.91. The van der Waals surface area contributed by atoms with E-state index in [1.807, 2.05) is 78.5 Å². The molecule has 0 aliphatic carbocycles. The molecule has 190 valence electrons. The third-order valence-electron chi connectivity index (χ3n) is 6.08. The number of anilines is 2. The molecule has 0 saturated heterocycles. The molecule has 1 amide bonds. The number of likely N-dealkylation sites (N-methyl/N-ethyl adjacent to an activating group) is 1. The van der Waals surface area contributed by atoms with E-state index in [9.17, 15) is 4.79 Å². The first-order valence-corrected chi connectivity index (χ1v) is 12.9. The van der Waals surface area contributed by atoms with E-state index < -0.39 is 0 Å². The summed E-state index contributed by atoms with van der Waals surface area (Å²) in [6.45, 7) is 1.99. The molecule has 8 nitrogen and oxygen atoms in total. The molecule has 0 saturated carbocycles. The molecule has 0 bridgehead atoms. The Morgan fingerprint density at radius 1 is 1.16 bits per heavy atom. The number of rotatable bonds is 8. The number of nitrogens with one attached hydrogen (secondary N) is 1. The summed E-state index contributed by atoms with van der Waals surface area (Å²) in [4.78, 5) is 27.7. The van der Waals surface area contributed by atoms with Crippen molar-refractivity contribution in [2.75, 3.05) is 39.6 Å². The summed E-state index contributed by atoms with van der Waals surface area (Å²) < 4.78 is 11.6. The molecule has 2 aromatic carbocycles. The lowest BCUT2D eigenvalue weighted by molar-refractivity contribution is -0.126. The van der Waals surface area contributed by atoms with E-state index in [0.29, 0.717) is 24.6 Å². The molecular weight excluding hydrogens is 486 g/mol. The van der Waals surface area contributed by atoms with Crippen LogP contribution < -0.4 is 14.8 Å². The third kappa shape index (κ3) is 5.58. The fraction of sp³-hybridized carbons (Fsp3) is 0.250. The van der Waals surface area contributed by atoms with Gasteiger partial charge in [-0.2, -0.15) is 0 Å². The molecule has 1 aliphatic rings. The van der Waals surface area contributed by atoms with Crippen LogP contribution >= 0.6 is 11.3 Å². The van der Waals surface area contributed by atoms with Crippen molar-refractivity contribution in [2.24, 2.45) is 0 Å². The number of hydrogen-bond donors (Lipinski definition) is 1. The zero-order chi connectivity index (χ0) is 25.8. The number of para-hydroxylation sites is 1. The number of ether oxygens (including phenoxy) is 2. The Balaban J connectivity index is 1.37. The average molecular weight is 516 g/mol. The fourth-order valence-electron chi connectivity index (χ4n) is 4.26. The molecule has 2 aromatic heterocycles. The minimum atomic E-state index is 0.0410. The van der Waals surface area contributed by atoms with E-state index in [2.05, 4.69) is 15.3 Å². The quantitative estimate of drug-likeness (QED) is 0.322. The van der Waals surface area contributed by atoms with Gasteiger partial charge in [0, 0.05) is 35.8 Å². The number of aromatic nitrogens is 2. The van der Waals surface area contributed by atoms with Gasteiger partial charge in [-0.05, 0) is 50.3 Å². The lowest BCUT2D eigenvalue weighted by Crippen LogP contribution is -2.34. The number of thiophene rings is 1. The molecule has 5 rings (SSSR count). The lowest BCUT2D eigenvalue weighted by atomic mass is 10.0. The van der Waals surface area contributed by atoms with E-state index >= 15 is 0 Å². The molecule has 1 N–H and O–H groups in total. The van der Waals surface area contributed by atoms with Gasteiger partial charge in [-0.15, -0.1) is 11.3 Å². The van der Waals surface area contributed by atoms with Crippen LogP contribution in [0.2, 0.25) is 0 Å². The van der Waals surface area contributed by atoms with Gasteiger partial charge in [-0.25, -0.2) is 9.97 Å². The Bertz CT molecular complexity index is 1430. The van der Waals surface area contributed by atoms with Gasteiger partial charge in [0.25, 0.3) is 0 Å². The first kappa shape index (κ1) is 24.7. The van der Waals surface area contributed by atoms with Crippen molar-refractivity contribution in [1.29, 1.82) is 0 Å². The first-order valence-electron chi connectivity index (χ1n) is 12.0. The van der Waals surface area contributed by atoms with Crippen molar-refractivity contribution in [2.45, 2.75) is 13.0 Å². The summed E-state index contributed by atoms with van der Waals surface area (Å²) >= 11 is 1.62. The largest absolute Gasteiger partial charge is 0.493 e. The van der Waals surface area contributed by atoms with Crippen molar-refractivity contribution in [3.63, 3.8) is 0 Å². The number of fused-ring (bicyclic) bond motifs is 3. The lowest BCUT2D eigenvalue weighted by Gasteiger charge is -2.26. The number of carbonyl (C=O) groups is 1. The number of nitrogens with zero attached hydrogens (tertiary/aromatic N) is 4. The van der Waals surface area contributed by atoms with Crippen LogP contribution in [0.25, 0.3) is 10.2 Å². The number of benzene rings is 2. The Morgan fingerprint density at radius 3 is 2.78 bits per heavy atom. The van der Waals surface area contributed by atoms with Crippen molar-refractivity contribution >= 4 is 39.0 Å². The Labute approximate surface area is 220 Å². The minimum Gasteiger partial charge on any atom is -0.493 e. The number of amides is 1. The highest BCUT2D eigenvalue weighted by Crippen LogP contribution is 2.39. The van der Waals surface area contributed by atoms with Gasteiger partial charge in [0.15, 0.2) is 11.5 Å². The molecule has 3 heterocycles. The average Bonchev–Trinajstić information content (AvgIpc) is 3.28. The highest BCUT2D eigenvalue weighted by atomic mass is 32.1. The predicted octanol–water partition coefficient (Wildman–Crippen LogP) is 5.24. The van der Waals surface area contributed by atoms with Crippen molar-refractivity contribution in [1.82, 2.24) is 19.8 Å². The third-order valence-corrected chi connectivity index (χ3v) is 7.20. The molecule has 0 fully saturated rings. The maximum Gasteiger partial charge on any atom is 0.246 e. The zero-order valence-corrected chi connectivity index (χ0v) is 21.9. The van der Waals surface area contributed by atoms with Gasteiger partial charge in [0.1, 0.15) is 22.7 Å². The van der Waals surface area contributed by atoms with Gasteiger partial charge >= 0.3 is 0 Å². The van der Waals surface area contributed by atoms with E-state index in [1.165, 1.54) is 5.56 Å². The molecule has 0 unspecified atom stereocenters. The number of methoxy groups -OCH3 is 1. The molecular formula is C28H29N5O3S. The fourth-order valence-corrected chi connectivity index (χ4v) is 5.47. The second kappa shape index (κ2) is 11.0. The van der Waals surface area contributed by atoms with Gasteiger partial charge < -0.3 is 24.6 Å². The van der Waals surface area contributed by atoms with Gasteiger partial charge in [0.05, 0.1) is 19.0 Å². The highest BCUT2D eigenvalue weighted by Gasteiger charge is 2.25. The van der Waals surface area contributed by atoms with E-state index in [4.69, 9.17) is 9.47 Å². The van der Waals surface area contributed by atoms with Crippen LogP contribution in [0.15, 0.2) is 67.0 Å². The molecule has 0 atom stereocenters. The van der Waals surface area contributed by atoms with Gasteiger partial charge in [0.2, 0.25) is 5.91 Å². The van der Waals surface area contributed by atoms with Crippen molar-refractivity contribution in [3.05, 3.63) is 77.5 Å². The smallest absolute Gasteiger partial charge is 0.246 e. The molecule has 4 aromatic rings. The van der Waals surface area contributed by atoms with Crippen LogP contribution in [0, 0.1) is 0 Å². The number of hydrogen-bond acceptors (Lipinski definition) is 8. The topological polar surface area (TPSA) is 79.8 Å². The Hall–Kier alpha value is -3.95. The normalized spacial score (nSPS) is 13.2. The van der Waals surface area contributed by atoms with Crippen LogP contribution in [-0.2, 0) is 17.8 Å². The van der Waals surface area contributed by atoms with Crippen molar-refractivity contribution in [3.8, 4) is 17.2 Å². The van der Waals surface area contributed by atoms with Gasteiger partial charge in [-0.3, -0.25) is 4.79 Å². The van der Waals surface area contributed by atoms with Crippen molar-refractivity contribution < 1.29 is 14.3 Å². The summed E-state index contributed by atoms with van der Waals surface area (Å²) in [5, 5.41) is 4.46. The number of carbonyl (C=O) groups excluding carboxylic acids is 1. The van der Waals surface area contributed by atoms with Crippen LogP contribution in [-0.4, -0.2) is 60.0 Å². The molecule has 0 spiro atoms. The summed E-state index contributed by atoms with van der Waals surface area (Å²) in [7, 11) is 5.58. The van der Waals surface area contributed by atoms with E-state index in [1.54, 1.807) is 30.8 Å². The minimum absolute atomic E-state index is 0.0410. The summed E-state index contributed by atoms with van der Waals surface area (Å²) in [5.74, 6) is 2.77. The van der Waals surface area contributed by atoms with Crippen LogP contribution in [0.1, 0.15) is 10.4 Å². The van der Waals surface area contributed by atoms with Crippen LogP contribution in [0.5, 0.6) is 17.2 Å². The molecule has 0 radical (unpaired) electrons. The Kier molecular flexibility index (Phi) is 7.34. The van der Waals surface area contributed by atoms with E-state index in [-0.39, 0.29) is 5.91 Å². The van der Waals surface area contributed by atoms with Crippen LogP contribution in [0.4, 0.5) is 11.5 Å². The maximum absolute atomic E-state index is 12.7. The molecule has 37 heavy (non-hydrogen) atoms. The predicted molar refractivity (Wildman–Crippen MR) is 147 cm³/mol. The standard InChI is InChI=1S/C28H29N5O3S/c1-32(2)14-7-10-25(34)33-15-13-21-24(17-33)37-28-26(21)27(29-18-30-28)31-19-11-12-22(23(16-19)35-3)36-20-8-5-4-6-9-20/h4-12,16,18H,13-15,17H2,1-3H3,(H,29,30,31)/b10-7+. The SMILES string of the molecule is COc1cc(Nc2ncnc3sc4c(c23)CCN(C(=O)/C=C/CN(C)C)C4)ccc1Oc1ccccc1. The first-order chi connectivity index (χ1) is 18.0. The summed E-state index contributed by atoms with van der Waals surface area (Å²) in [5.41, 5.74) is 2.04. The monoisotopic (exact) mass is 515 g/mol. The van der Waals surface area contributed by atoms with Gasteiger partial charge in [-0.1, -0.05) is 24.3 Å². The molecule has 1 aliphatic heterocycles. The Morgan fingerprint density at radius 2 is 2.00 bits per heavy atom. The van der Waals surface area contributed by atoms with E-state index in [0.717, 1.165) is 45.3 Å². The second-order valence-corrected chi connectivity index (χ2v) is 10.1. The second-order valence-electron chi connectivity index (χ2n) is 8.99. The summed E-state index contributed by atoms with van der Waals surface area (Å²) in [6, 6.07) is 15.3.